The number of aryl methyl sites for hydroxylation is 1. The summed E-state index contributed by atoms with van der Waals surface area (Å²) in [4.78, 5) is 70.6. The number of nitrogens with one attached hydrogen (secondary N) is 13. The second-order valence-electron chi connectivity index (χ2n) is 17.4. The molecule has 0 saturated carbocycles. The molecule has 2 aliphatic heterocycles. The summed E-state index contributed by atoms with van der Waals surface area (Å²) in [7, 11) is 5.11. The number of aliphatic hydroxyl groups excluding tert-OH is 1. The highest BCUT2D eigenvalue weighted by atomic mass is 16.3. The van der Waals surface area contributed by atoms with Crippen LogP contribution < -0.4 is 69.1 Å². The number of amidine groups is 4. The van der Waals surface area contributed by atoms with Gasteiger partial charge in [-0.3, -0.25) is 24.8 Å². The molecule has 7 amide bonds. The van der Waals surface area contributed by atoms with Crippen LogP contribution in [0.1, 0.15) is 38.2 Å². The van der Waals surface area contributed by atoms with Crippen LogP contribution in [0.25, 0.3) is 0 Å². The van der Waals surface area contributed by atoms with Crippen LogP contribution in [0.2, 0.25) is 0 Å². The molecule has 22 nitrogen and oxygen atoms in total. The minimum Gasteiger partial charge on any atom is -0.373 e. The molecule has 6 aromatic rings. The van der Waals surface area contributed by atoms with Crippen LogP contribution in [0.3, 0.4) is 0 Å². The van der Waals surface area contributed by atoms with Gasteiger partial charge in [-0.25, -0.2) is 14.4 Å². The lowest BCUT2D eigenvalue weighted by Crippen LogP contribution is -2.36. The molecule has 396 valence electrons. The average molecular weight is 1040 g/mol. The summed E-state index contributed by atoms with van der Waals surface area (Å²) < 4.78 is 0. The number of aliphatic imine (C=N–C) groups is 4. The molecule has 0 fully saturated rings. The molecule has 1 atom stereocenters. The van der Waals surface area contributed by atoms with Gasteiger partial charge in [-0.05, 0) is 116 Å². The van der Waals surface area contributed by atoms with Crippen molar-refractivity contribution in [1.29, 1.82) is 0 Å². The number of amides is 7. The van der Waals surface area contributed by atoms with E-state index in [0.717, 1.165) is 52.6 Å². The number of anilines is 8. The van der Waals surface area contributed by atoms with Gasteiger partial charge < -0.3 is 74.2 Å². The molecule has 0 aliphatic carbocycles. The average Bonchev–Trinajstić information content (AvgIpc) is 4.18. The zero-order chi connectivity index (χ0) is 54.1. The fourth-order valence-electron chi connectivity index (χ4n) is 8.24. The first-order chi connectivity index (χ1) is 37.4. The summed E-state index contributed by atoms with van der Waals surface area (Å²) in [6.45, 7) is 5.25. The lowest BCUT2D eigenvalue weighted by atomic mass is 10.1. The van der Waals surface area contributed by atoms with Crippen molar-refractivity contribution in [2.45, 2.75) is 13.3 Å². The Labute approximate surface area is 445 Å². The van der Waals surface area contributed by atoms with Gasteiger partial charge in [0.2, 0.25) is 6.35 Å². The van der Waals surface area contributed by atoms with Gasteiger partial charge in [-0.1, -0.05) is 30.3 Å². The summed E-state index contributed by atoms with van der Waals surface area (Å²) in [6, 6.07) is 37.6. The van der Waals surface area contributed by atoms with Crippen LogP contribution in [0.5, 0.6) is 0 Å². The molecule has 2 aliphatic rings. The van der Waals surface area contributed by atoms with Crippen molar-refractivity contribution in [1.82, 2.24) is 26.6 Å². The third-order valence-electron chi connectivity index (χ3n) is 12.0. The van der Waals surface area contributed by atoms with Gasteiger partial charge in [0.05, 0.1) is 24.3 Å². The molecule has 0 aromatic heterocycles. The molecule has 22 heteroatoms. The number of benzene rings is 6. The van der Waals surface area contributed by atoms with E-state index in [1.165, 1.54) is 0 Å². The molecular formula is C55H61N17O5. The number of hydrogen-bond donors (Lipinski definition) is 14. The maximum atomic E-state index is 13.8. The first-order valence-corrected chi connectivity index (χ1v) is 24.7. The molecule has 0 saturated heterocycles. The van der Waals surface area contributed by atoms with E-state index in [-0.39, 0.29) is 17.8 Å². The first kappa shape index (κ1) is 53.3. The van der Waals surface area contributed by atoms with E-state index in [9.17, 15) is 24.3 Å². The third-order valence-corrected chi connectivity index (χ3v) is 12.0. The zero-order valence-corrected chi connectivity index (χ0v) is 42.9. The van der Waals surface area contributed by atoms with Gasteiger partial charge in [0.15, 0.2) is 0 Å². The Kier molecular flexibility index (Phi) is 17.9. The van der Waals surface area contributed by atoms with Crippen LogP contribution >= 0.6 is 0 Å². The van der Waals surface area contributed by atoms with Gasteiger partial charge >= 0.3 is 18.1 Å². The van der Waals surface area contributed by atoms with E-state index < -0.39 is 30.4 Å². The molecule has 14 N–H and O–H groups in total. The fourth-order valence-corrected chi connectivity index (χ4v) is 8.24. The Bertz CT molecular complexity index is 3230. The highest BCUT2D eigenvalue weighted by molar-refractivity contribution is 6.07. The number of rotatable bonds is 18. The molecule has 1 unspecified atom stereocenters. The van der Waals surface area contributed by atoms with Crippen molar-refractivity contribution in [2.75, 3.05) is 103 Å². The molecule has 6 aromatic carbocycles. The lowest BCUT2D eigenvalue weighted by Gasteiger charge is -2.20. The lowest BCUT2D eigenvalue weighted by molar-refractivity contribution is 0.0955. The predicted octanol–water partition coefficient (Wildman–Crippen LogP) is 6.42. The minimum atomic E-state index is -1.35. The molecule has 77 heavy (non-hydrogen) atoms. The van der Waals surface area contributed by atoms with Gasteiger partial charge in [0.25, 0.3) is 5.91 Å². The Morgan fingerprint density at radius 2 is 1.03 bits per heavy atom. The Morgan fingerprint density at radius 1 is 0.545 bits per heavy atom. The molecule has 0 bridgehead atoms. The predicted molar refractivity (Wildman–Crippen MR) is 308 cm³/mol. The molecule has 8 rings (SSSR count). The number of nitrogens with zero attached hydrogens (tertiary/aromatic N) is 4. The smallest absolute Gasteiger partial charge is 0.323 e. The quantitative estimate of drug-likeness (QED) is 0.0193. The second kappa shape index (κ2) is 25.8. The normalized spacial score (nSPS) is 13.3. The molecule has 0 radical (unpaired) electrons. The van der Waals surface area contributed by atoms with Crippen molar-refractivity contribution in [3.63, 3.8) is 0 Å². The Morgan fingerprint density at radius 3 is 1.57 bits per heavy atom. The van der Waals surface area contributed by atoms with Crippen LogP contribution in [0.4, 0.5) is 59.9 Å². The van der Waals surface area contributed by atoms with Gasteiger partial charge in [-0.15, -0.1) is 0 Å². The van der Waals surface area contributed by atoms with Crippen LogP contribution in [-0.2, 0) is 0 Å². The minimum absolute atomic E-state index is 0.187. The summed E-state index contributed by atoms with van der Waals surface area (Å²) in [5, 5.41) is 49.8. The van der Waals surface area contributed by atoms with Gasteiger partial charge in [0.1, 0.15) is 23.3 Å². The summed E-state index contributed by atoms with van der Waals surface area (Å²) in [5.74, 6) is 2.36. The van der Waals surface area contributed by atoms with Crippen molar-refractivity contribution < 1.29 is 24.3 Å². The summed E-state index contributed by atoms with van der Waals surface area (Å²) >= 11 is 0. The maximum absolute atomic E-state index is 13.8. The van der Waals surface area contributed by atoms with E-state index in [2.05, 4.69) is 89.1 Å². The van der Waals surface area contributed by atoms with E-state index in [0.29, 0.717) is 71.1 Å². The van der Waals surface area contributed by atoms with Gasteiger partial charge in [-0.2, -0.15) is 0 Å². The van der Waals surface area contributed by atoms with E-state index in [4.69, 9.17) is 0 Å². The third kappa shape index (κ3) is 14.9. The van der Waals surface area contributed by atoms with Crippen molar-refractivity contribution in [2.24, 2.45) is 20.0 Å². The highest BCUT2D eigenvalue weighted by Gasteiger charge is 2.18. The van der Waals surface area contributed by atoms with Crippen molar-refractivity contribution >= 4 is 92.8 Å². The second-order valence-corrected chi connectivity index (χ2v) is 17.4. The summed E-state index contributed by atoms with van der Waals surface area (Å²) in [5.41, 5.74) is 8.16. The zero-order valence-electron chi connectivity index (χ0n) is 42.9. The standard InChI is InChI=1S/C55H61N17O5/c1-33-11-16-42(69-52(74)67-40-9-5-7-36(29-40)49-60-23-24-61-49)31-45(33)71-54(76)65-39-19-14-35(15-20-39)48(58-4)59-27-28-64-51(73)44-22-21-43(70-53(75)68-41-10-6-8-37(30-41)50-62-25-26-63-50)32-46(44)72-55(77)66-38-17-12-34(13-18-38)47(56-2)57-3/h5-22,29-32,55,66,72,77H,23-28H2,1-4H3,(H,56,57)(H,58,59)(H,60,61)(H,62,63)(H,64,73)(H2,65,71,76)(H2,67,69,74)(H2,68,70,75). The Balaban J connectivity index is 0.840. The first-order valence-electron chi connectivity index (χ1n) is 24.7. The number of aliphatic hydroxyl groups is 1. The SMILES string of the molecule is CN=C(NC)c1ccc(NC(O)Nc2cc(NC(=O)Nc3cccc(C4=NCCN4)c3)ccc2C(=O)NCCNC(=NC)c2ccc(NC(=O)Nc3cc(NC(=O)Nc4cccc(C5=NCCN5)c4)ccc3C)cc2)cc1. The number of hydrogen-bond acceptors (Lipinski definition) is 13. The van der Waals surface area contributed by atoms with Crippen LogP contribution in [0.15, 0.2) is 153 Å². The van der Waals surface area contributed by atoms with E-state index in [1.807, 2.05) is 55.5 Å². The largest absolute Gasteiger partial charge is 0.373 e. The fraction of sp³-hybridized carbons (Fsp3) is 0.200. The number of carbonyl (C=O) groups excluding carboxylic acids is 4. The molecular weight excluding hydrogens is 979 g/mol. The topological polar surface area (TPSA) is 294 Å². The molecule has 2 heterocycles. The monoisotopic (exact) mass is 1040 g/mol. The van der Waals surface area contributed by atoms with Crippen LogP contribution in [0, 0.1) is 6.92 Å². The number of urea groups is 3. The summed E-state index contributed by atoms with van der Waals surface area (Å²) in [6.07, 6.45) is -1.35. The van der Waals surface area contributed by atoms with Crippen LogP contribution in [-0.4, -0.2) is 119 Å². The highest BCUT2D eigenvalue weighted by Crippen LogP contribution is 2.25. The van der Waals surface area contributed by atoms with Crippen molar-refractivity contribution in [3.05, 3.63) is 167 Å². The van der Waals surface area contributed by atoms with E-state index >= 15 is 0 Å². The van der Waals surface area contributed by atoms with Crippen molar-refractivity contribution in [3.8, 4) is 0 Å². The maximum Gasteiger partial charge on any atom is 0.323 e. The number of carbonyl (C=O) groups is 4. The Hall–Kier alpha value is -9.96. The van der Waals surface area contributed by atoms with Gasteiger partial charge in [0, 0.05) is 109 Å². The molecule has 0 spiro atoms. The van der Waals surface area contributed by atoms with E-state index in [1.54, 1.807) is 106 Å².